The van der Waals surface area contributed by atoms with E-state index in [9.17, 15) is 9.59 Å². The quantitative estimate of drug-likeness (QED) is 0.804. The van der Waals surface area contributed by atoms with Crippen LogP contribution in [0.1, 0.15) is 23.2 Å². The lowest BCUT2D eigenvalue weighted by molar-refractivity contribution is -0.117. The number of nitrogens with zero attached hydrogens (tertiary/aromatic N) is 2. The predicted octanol–water partition coefficient (Wildman–Crippen LogP) is 2.41. The first-order chi connectivity index (χ1) is 12.7. The number of amides is 2. The number of nitrogens with one attached hydrogen (secondary N) is 1. The van der Waals surface area contributed by atoms with E-state index in [0.29, 0.717) is 29.6 Å². The molecule has 0 unspecified atom stereocenters. The summed E-state index contributed by atoms with van der Waals surface area (Å²) < 4.78 is 10.9. The molecule has 1 aromatic carbocycles. The van der Waals surface area contributed by atoms with E-state index >= 15 is 0 Å². The monoisotopic (exact) mass is 375 g/mol. The van der Waals surface area contributed by atoms with Crippen LogP contribution in [0.5, 0.6) is 5.75 Å². The van der Waals surface area contributed by atoms with Gasteiger partial charge in [-0.25, -0.2) is 4.98 Å². The number of thiazole rings is 1. The molecule has 7 nitrogen and oxygen atoms in total. The Morgan fingerprint density at radius 2 is 2.27 bits per heavy atom. The maximum Gasteiger partial charge on any atom is 0.258 e. The molecule has 1 saturated heterocycles. The molecule has 2 heterocycles. The van der Waals surface area contributed by atoms with Crippen LogP contribution in [-0.2, 0) is 9.53 Å². The van der Waals surface area contributed by atoms with E-state index in [2.05, 4.69) is 10.3 Å². The molecule has 1 fully saturated rings. The number of carbonyl (C=O) groups is 2. The summed E-state index contributed by atoms with van der Waals surface area (Å²) in [5.41, 5.74) is 0.426. The second-order valence-corrected chi connectivity index (χ2v) is 6.80. The summed E-state index contributed by atoms with van der Waals surface area (Å²) in [6.07, 6.45) is 3.40. The van der Waals surface area contributed by atoms with E-state index < -0.39 is 0 Å². The van der Waals surface area contributed by atoms with Gasteiger partial charge in [-0.15, -0.1) is 11.3 Å². The number of hydrogen-bond donors (Lipinski definition) is 1. The molecule has 2 aromatic rings. The van der Waals surface area contributed by atoms with Crippen LogP contribution >= 0.6 is 11.3 Å². The Kier molecular flexibility index (Phi) is 6.19. The van der Waals surface area contributed by atoms with E-state index in [-0.39, 0.29) is 24.5 Å². The molecule has 3 rings (SSSR count). The zero-order valence-electron chi connectivity index (χ0n) is 14.5. The van der Waals surface area contributed by atoms with Crippen LogP contribution in [0.3, 0.4) is 0 Å². The standard InChI is InChI=1S/C18H21N3O4S/c1-24-15-7-3-2-6-14(15)17(23)21(11-13-5-4-9-25-13)12-16(22)20-18-19-8-10-26-18/h2-3,6-8,10,13H,4-5,9,11-12H2,1H3,(H,19,20,22)/t13-/m0/s1. The average molecular weight is 375 g/mol. The van der Waals surface area contributed by atoms with Gasteiger partial charge in [-0.3, -0.25) is 9.59 Å². The highest BCUT2D eigenvalue weighted by molar-refractivity contribution is 7.13. The zero-order chi connectivity index (χ0) is 18.4. The molecule has 138 valence electrons. The lowest BCUT2D eigenvalue weighted by atomic mass is 10.1. The molecule has 0 radical (unpaired) electrons. The Morgan fingerprint density at radius 1 is 1.42 bits per heavy atom. The van der Waals surface area contributed by atoms with Crippen LogP contribution in [0.4, 0.5) is 5.13 Å². The highest BCUT2D eigenvalue weighted by Crippen LogP contribution is 2.21. The third kappa shape index (κ3) is 4.59. The fourth-order valence-corrected chi connectivity index (χ4v) is 3.41. The van der Waals surface area contributed by atoms with Crippen LogP contribution < -0.4 is 10.1 Å². The van der Waals surface area contributed by atoms with Gasteiger partial charge in [0.1, 0.15) is 12.3 Å². The van der Waals surface area contributed by atoms with Crippen molar-refractivity contribution in [3.05, 3.63) is 41.4 Å². The first kappa shape index (κ1) is 18.3. The van der Waals surface area contributed by atoms with Crippen LogP contribution in [-0.4, -0.2) is 54.6 Å². The van der Waals surface area contributed by atoms with Crippen LogP contribution in [0, 0.1) is 0 Å². The number of benzene rings is 1. The second-order valence-electron chi connectivity index (χ2n) is 5.91. The van der Waals surface area contributed by atoms with E-state index in [4.69, 9.17) is 9.47 Å². The molecule has 8 heteroatoms. The van der Waals surface area contributed by atoms with Gasteiger partial charge in [-0.05, 0) is 25.0 Å². The first-order valence-corrected chi connectivity index (χ1v) is 9.28. The van der Waals surface area contributed by atoms with E-state index in [0.717, 1.165) is 12.8 Å². The van der Waals surface area contributed by atoms with Crippen molar-refractivity contribution in [3.8, 4) is 5.75 Å². The smallest absolute Gasteiger partial charge is 0.258 e. The third-order valence-corrected chi connectivity index (χ3v) is 4.77. The van der Waals surface area contributed by atoms with Gasteiger partial charge < -0.3 is 19.7 Å². The number of carbonyl (C=O) groups excluding carboxylic acids is 2. The summed E-state index contributed by atoms with van der Waals surface area (Å²) in [5, 5.41) is 5.00. The minimum absolute atomic E-state index is 0.0543. The molecule has 0 bridgehead atoms. The summed E-state index contributed by atoms with van der Waals surface area (Å²) >= 11 is 1.33. The molecule has 1 aromatic heterocycles. The third-order valence-electron chi connectivity index (χ3n) is 4.09. The number of aromatic nitrogens is 1. The van der Waals surface area contributed by atoms with Gasteiger partial charge in [0.15, 0.2) is 5.13 Å². The number of ether oxygens (including phenoxy) is 2. The molecule has 1 aliphatic heterocycles. The van der Waals surface area contributed by atoms with Crippen molar-refractivity contribution in [2.45, 2.75) is 18.9 Å². The summed E-state index contributed by atoms with van der Waals surface area (Å²) in [5.74, 6) is -0.0661. The predicted molar refractivity (Wildman–Crippen MR) is 98.6 cm³/mol. The lowest BCUT2D eigenvalue weighted by Crippen LogP contribution is -2.42. The minimum Gasteiger partial charge on any atom is -0.496 e. The van der Waals surface area contributed by atoms with Gasteiger partial charge in [-0.2, -0.15) is 0 Å². The molecule has 0 spiro atoms. The summed E-state index contributed by atoms with van der Waals surface area (Å²) in [6.45, 7) is 0.977. The van der Waals surface area contributed by atoms with Gasteiger partial charge in [0, 0.05) is 24.7 Å². The average Bonchev–Trinajstić information content (AvgIpc) is 3.34. The van der Waals surface area contributed by atoms with Crippen molar-refractivity contribution in [2.24, 2.45) is 0 Å². The first-order valence-electron chi connectivity index (χ1n) is 8.40. The Morgan fingerprint density at radius 3 is 2.96 bits per heavy atom. The van der Waals surface area contributed by atoms with E-state index in [1.54, 1.807) is 35.8 Å². The van der Waals surface area contributed by atoms with Gasteiger partial charge >= 0.3 is 0 Å². The Balaban J connectivity index is 1.75. The maximum atomic E-state index is 13.0. The molecule has 0 saturated carbocycles. The fraction of sp³-hybridized carbons (Fsp3) is 0.389. The Hall–Kier alpha value is -2.45. The molecule has 1 N–H and O–H groups in total. The molecular weight excluding hydrogens is 354 g/mol. The van der Waals surface area contributed by atoms with Crippen molar-refractivity contribution < 1.29 is 19.1 Å². The molecule has 1 atom stereocenters. The molecule has 0 aliphatic carbocycles. The number of rotatable bonds is 7. The SMILES string of the molecule is COc1ccccc1C(=O)N(CC(=O)Nc1nccs1)C[C@@H]1CCCO1. The van der Waals surface area contributed by atoms with Crippen molar-refractivity contribution in [3.63, 3.8) is 0 Å². The van der Waals surface area contributed by atoms with Gasteiger partial charge in [0.2, 0.25) is 5.91 Å². The number of methoxy groups -OCH3 is 1. The molecule has 1 aliphatic rings. The number of anilines is 1. The van der Waals surface area contributed by atoms with Gasteiger partial charge in [0.25, 0.3) is 5.91 Å². The van der Waals surface area contributed by atoms with Gasteiger partial charge in [0.05, 0.1) is 18.8 Å². The van der Waals surface area contributed by atoms with Crippen molar-refractivity contribution in [1.82, 2.24) is 9.88 Å². The number of hydrogen-bond acceptors (Lipinski definition) is 6. The summed E-state index contributed by atoms with van der Waals surface area (Å²) in [7, 11) is 1.52. The lowest BCUT2D eigenvalue weighted by Gasteiger charge is -2.25. The van der Waals surface area contributed by atoms with Crippen molar-refractivity contribution >= 4 is 28.3 Å². The highest BCUT2D eigenvalue weighted by Gasteiger charge is 2.27. The molecule has 2 amide bonds. The summed E-state index contributed by atoms with van der Waals surface area (Å²) in [6, 6.07) is 7.00. The molecular formula is C18H21N3O4S. The van der Waals surface area contributed by atoms with E-state index in [1.807, 2.05) is 0 Å². The Bertz CT molecular complexity index is 745. The normalized spacial score (nSPS) is 16.3. The van der Waals surface area contributed by atoms with Crippen LogP contribution in [0.25, 0.3) is 0 Å². The molecule has 26 heavy (non-hydrogen) atoms. The topological polar surface area (TPSA) is 80.8 Å². The fourth-order valence-electron chi connectivity index (χ4n) is 2.86. The van der Waals surface area contributed by atoms with E-state index in [1.165, 1.54) is 23.3 Å². The summed E-state index contributed by atoms with van der Waals surface area (Å²) in [4.78, 5) is 31.0. The van der Waals surface area contributed by atoms with Crippen LogP contribution in [0.15, 0.2) is 35.8 Å². The van der Waals surface area contributed by atoms with Gasteiger partial charge in [-0.1, -0.05) is 12.1 Å². The largest absolute Gasteiger partial charge is 0.496 e. The minimum atomic E-state index is -0.291. The van der Waals surface area contributed by atoms with Crippen LogP contribution in [0.2, 0.25) is 0 Å². The zero-order valence-corrected chi connectivity index (χ0v) is 15.3. The Labute approximate surface area is 155 Å². The maximum absolute atomic E-state index is 13.0. The second kappa shape index (κ2) is 8.77. The van der Waals surface area contributed by atoms with Crippen molar-refractivity contribution in [1.29, 1.82) is 0 Å². The number of para-hydroxylation sites is 1. The van der Waals surface area contributed by atoms with Crippen molar-refractivity contribution in [2.75, 3.05) is 32.1 Å². The highest BCUT2D eigenvalue weighted by atomic mass is 32.1.